The van der Waals surface area contributed by atoms with E-state index in [0.29, 0.717) is 30.4 Å². The fourth-order valence-corrected chi connectivity index (χ4v) is 2.59. The lowest BCUT2D eigenvalue weighted by Gasteiger charge is -2.22. The van der Waals surface area contributed by atoms with Crippen molar-refractivity contribution in [3.05, 3.63) is 34.3 Å². The lowest BCUT2D eigenvalue weighted by molar-refractivity contribution is -0.130. The van der Waals surface area contributed by atoms with Crippen molar-refractivity contribution in [2.24, 2.45) is 5.73 Å². The van der Waals surface area contributed by atoms with Crippen molar-refractivity contribution in [1.29, 1.82) is 0 Å². The van der Waals surface area contributed by atoms with Crippen LogP contribution in [0.4, 0.5) is 0 Å². The highest BCUT2D eigenvalue weighted by atomic mass is 79.9. The van der Waals surface area contributed by atoms with Crippen LogP contribution in [0.25, 0.3) is 0 Å². The number of nitrogens with two attached hydrogens (primary N) is 1. The van der Waals surface area contributed by atoms with E-state index >= 15 is 0 Å². The summed E-state index contributed by atoms with van der Waals surface area (Å²) in [5.41, 5.74) is 6.55. The van der Waals surface area contributed by atoms with Crippen LogP contribution in [-0.2, 0) is 11.2 Å². The second-order valence-electron chi connectivity index (χ2n) is 4.84. The fraction of sp³-hybridized carbons (Fsp3) is 0.429. The lowest BCUT2D eigenvalue weighted by Crippen LogP contribution is -2.36. The molecule has 1 saturated carbocycles. The summed E-state index contributed by atoms with van der Waals surface area (Å²) in [6.07, 6.45) is 3.24. The highest BCUT2D eigenvalue weighted by Gasteiger charge is 2.32. The first-order chi connectivity index (χ1) is 9.06. The Bertz CT molecular complexity index is 488. The standard InChI is InChI=1S/C14H17BrN2OS/c15-11-3-1-2-10(8-11)9-14(18)17(12-4-5-12)7-6-13(16)19/h1-3,8,12H,4-7,9H2,(H2,16,19). The molecule has 0 aromatic heterocycles. The van der Waals surface area contributed by atoms with Crippen LogP contribution in [0, 0.1) is 0 Å². The Hall–Kier alpha value is -0.940. The molecule has 0 aliphatic heterocycles. The summed E-state index contributed by atoms with van der Waals surface area (Å²) in [6.45, 7) is 0.646. The Labute approximate surface area is 127 Å². The van der Waals surface area contributed by atoms with Crippen LogP contribution >= 0.6 is 28.1 Å². The molecule has 1 aliphatic carbocycles. The van der Waals surface area contributed by atoms with Gasteiger partial charge in [0.2, 0.25) is 5.91 Å². The normalized spacial score (nSPS) is 14.2. The highest BCUT2D eigenvalue weighted by Crippen LogP contribution is 2.27. The first kappa shape index (κ1) is 14.5. The molecule has 1 fully saturated rings. The maximum Gasteiger partial charge on any atom is 0.227 e. The Morgan fingerprint density at radius 2 is 2.21 bits per heavy atom. The number of rotatable bonds is 6. The van der Waals surface area contributed by atoms with E-state index < -0.39 is 0 Å². The molecule has 0 atom stereocenters. The van der Waals surface area contributed by atoms with Crippen molar-refractivity contribution in [3.63, 3.8) is 0 Å². The van der Waals surface area contributed by atoms with Crippen molar-refractivity contribution < 1.29 is 4.79 Å². The summed E-state index contributed by atoms with van der Waals surface area (Å²) in [4.78, 5) is 14.7. The van der Waals surface area contributed by atoms with E-state index in [2.05, 4.69) is 15.9 Å². The summed E-state index contributed by atoms with van der Waals surface area (Å²) in [5, 5.41) is 0. The van der Waals surface area contributed by atoms with Gasteiger partial charge in [-0.15, -0.1) is 0 Å². The minimum atomic E-state index is 0.164. The van der Waals surface area contributed by atoms with Gasteiger partial charge in [-0.1, -0.05) is 40.3 Å². The summed E-state index contributed by atoms with van der Waals surface area (Å²) in [5.74, 6) is 0.164. The molecule has 0 bridgehead atoms. The quantitative estimate of drug-likeness (QED) is 0.810. The number of hydrogen-bond acceptors (Lipinski definition) is 2. The molecule has 0 spiro atoms. The monoisotopic (exact) mass is 340 g/mol. The van der Waals surface area contributed by atoms with Crippen LogP contribution in [-0.4, -0.2) is 28.4 Å². The molecule has 0 heterocycles. The van der Waals surface area contributed by atoms with E-state index in [9.17, 15) is 4.79 Å². The third-order valence-electron chi connectivity index (χ3n) is 3.15. The first-order valence-electron chi connectivity index (χ1n) is 6.38. The molecule has 1 aliphatic rings. The maximum absolute atomic E-state index is 12.3. The Morgan fingerprint density at radius 1 is 1.47 bits per heavy atom. The van der Waals surface area contributed by atoms with Crippen LogP contribution in [0.1, 0.15) is 24.8 Å². The lowest BCUT2D eigenvalue weighted by atomic mass is 10.1. The van der Waals surface area contributed by atoms with Crippen molar-refractivity contribution in [2.75, 3.05) is 6.54 Å². The van der Waals surface area contributed by atoms with Gasteiger partial charge in [-0.2, -0.15) is 0 Å². The van der Waals surface area contributed by atoms with Crippen LogP contribution < -0.4 is 5.73 Å². The third kappa shape index (κ3) is 4.58. The number of thiocarbonyl (C=S) groups is 1. The molecular formula is C14H17BrN2OS. The molecule has 1 aromatic carbocycles. The second-order valence-corrected chi connectivity index (χ2v) is 6.28. The van der Waals surface area contributed by atoms with E-state index in [-0.39, 0.29) is 5.91 Å². The Balaban J connectivity index is 1.97. The van der Waals surface area contributed by atoms with E-state index in [4.69, 9.17) is 18.0 Å². The minimum absolute atomic E-state index is 0.164. The third-order valence-corrected chi connectivity index (χ3v) is 3.85. The molecule has 1 amide bonds. The Kier molecular flexibility index (Phi) is 4.93. The molecule has 102 valence electrons. The first-order valence-corrected chi connectivity index (χ1v) is 7.58. The summed E-state index contributed by atoms with van der Waals surface area (Å²) >= 11 is 8.31. The number of carbonyl (C=O) groups excluding carboxylic acids is 1. The predicted octanol–water partition coefficient (Wildman–Crippen LogP) is 2.66. The maximum atomic E-state index is 12.3. The zero-order valence-corrected chi connectivity index (χ0v) is 13.0. The number of halogens is 1. The van der Waals surface area contributed by atoms with Crippen LogP contribution in [0.5, 0.6) is 0 Å². The largest absolute Gasteiger partial charge is 0.393 e. The van der Waals surface area contributed by atoms with Gasteiger partial charge in [0.15, 0.2) is 0 Å². The van der Waals surface area contributed by atoms with Gasteiger partial charge in [0.1, 0.15) is 0 Å². The molecular weight excluding hydrogens is 324 g/mol. The number of benzene rings is 1. The van der Waals surface area contributed by atoms with Crippen molar-refractivity contribution in [3.8, 4) is 0 Å². The van der Waals surface area contributed by atoms with E-state index in [1.807, 2.05) is 29.2 Å². The minimum Gasteiger partial charge on any atom is -0.393 e. The fourth-order valence-electron chi connectivity index (χ4n) is 2.05. The number of carbonyl (C=O) groups is 1. The van der Waals surface area contributed by atoms with Gasteiger partial charge in [-0.25, -0.2) is 0 Å². The zero-order valence-electron chi connectivity index (χ0n) is 10.6. The van der Waals surface area contributed by atoms with Gasteiger partial charge < -0.3 is 10.6 Å². The van der Waals surface area contributed by atoms with Gasteiger partial charge in [-0.3, -0.25) is 4.79 Å². The molecule has 5 heteroatoms. The van der Waals surface area contributed by atoms with Gasteiger partial charge in [0.25, 0.3) is 0 Å². The topological polar surface area (TPSA) is 46.3 Å². The molecule has 2 rings (SSSR count). The Morgan fingerprint density at radius 3 is 2.79 bits per heavy atom. The van der Waals surface area contributed by atoms with Crippen LogP contribution in [0.3, 0.4) is 0 Å². The summed E-state index contributed by atoms with van der Waals surface area (Å²) < 4.78 is 0.999. The SMILES string of the molecule is NC(=S)CCN(C(=O)Cc1cccc(Br)c1)C1CC1. The van der Waals surface area contributed by atoms with Crippen LogP contribution in [0.15, 0.2) is 28.7 Å². The van der Waals surface area contributed by atoms with Crippen LogP contribution in [0.2, 0.25) is 0 Å². The van der Waals surface area contributed by atoms with Gasteiger partial charge in [0.05, 0.1) is 11.4 Å². The number of hydrogen-bond donors (Lipinski definition) is 1. The average molecular weight is 341 g/mol. The molecule has 0 saturated heterocycles. The average Bonchev–Trinajstić information content (AvgIpc) is 3.13. The predicted molar refractivity (Wildman–Crippen MR) is 84.0 cm³/mol. The molecule has 2 N–H and O–H groups in total. The molecule has 3 nitrogen and oxygen atoms in total. The van der Waals surface area contributed by atoms with Crippen molar-refractivity contribution in [2.45, 2.75) is 31.7 Å². The van der Waals surface area contributed by atoms with Crippen molar-refractivity contribution >= 4 is 39.0 Å². The van der Waals surface area contributed by atoms with E-state index in [1.165, 1.54) is 0 Å². The number of nitrogens with zero attached hydrogens (tertiary/aromatic N) is 1. The highest BCUT2D eigenvalue weighted by molar-refractivity contribution is 9.10. The molecule has 19 heavy (non-hydrogen) atoms. The van der Waals surface area contributed by atoms with E-state index in [1.54, 1.807) is 0 Å². The summed E-state index contributed by atoms with van der Waals surface area (Å²) in [7, 11) is 0. The second kappa shape index (κ2) is 6.48. The van der Waals surface area contributed by atoms with Gasteiger partial charge in [0, 0.05) is 23.5 Å². The molecule has 0 radical (unpaired) electrons. The molecule has 1 aromatic rings. The summed E-state index contributed by atoms with van der Waals surface area (Å²) in [6, 6.07) is 8.26. The van der Waals surface area contributed by atoms with Gasteiger partial charge >= 0.3 is 0 Å². The van der Waals surface area contributed by atoms with Gasteiger partial charge in [-0.05, 0) is 30.5 Å². The molecule has 0 unspecified atom stereocenters. The van der Waals surface area contributed by atoms with E-state index in [0.717, 1.165) is 22.9 Å². The van der Waals surface area contributed by atoms with Crippen molar-refractivity contribution in [1.82, 2.24) is 4.90 Å². The zero-order chi connectivity index (χ0) is 13.8. The number of amides is 1. The smallest absolute Gasteiger partial charge is 0.227 e.